The van der Waals surface area contributed by atoms with Crippen molar-refractivity contribution in [3.63, 3.8) is 0 Å². The van der Waals surface area contributed by atoms with E-state index in [1.807, 2.05) is 0 Å². The highest BCUT2D eigenvalue weighted by Gasteiger charge is 2.49. The Kier molecular flexibility index (Phi) is 3.69. The SMILES string of the molecule is COC(=O)C1CC1C(=O)NC1CCC(C)CC1. The topological polar surface area (TPSA) is 55.4 Å². The van der Waals surface area contributed by atoms with Gasteiger partial charge in [0.1, 0.15) is 0 Å². The normalized spacial score (nSPS) is 36.1. The third-order valence-corrected chi connectivity index (χ3v) is 3.99. The molecule has 4 nitrogen and oxygen atoms in total. The summed E-state index contributed by atoms with van der Waals surface area (Å²) < 4.78 is 4.64. The zero-order valence-electron chi connectivity index (χ0n) is 10.6. The number of nitrogens with one attached hydrogen (secondary N) is 1. The predicted molar refractivity (Wildman–Crippen MR) is 63.2 cm³/mol. The van der Waals surface area contributed by atoms with Crippen molar-refractivity contribution in [3.8, 4) is 0 Å². The first-order valence-electron chi connectivity index (χ1n) is 6.50. The molecular weight excluding hydrogens is 218 g/mol. The van der Waals surface area contributed by atoms with Crippen LogP contribution in [0.5, 0.6) is 0 Å². The minimum absolute atomic E-state index is 0.0416. The van der Waals surface area contributed by atoms with E-state index in [-0.39, 0.29) is 23.7 Å². The summed E-state index contributed by atoms with van der Waals surface area (Å²) in [6.45, 7) is 2.26. The molecule has 1 amide bonds. The van der Waals surface area contributed by atoms with E-state index in [2.05, 4.69) is 17.0 Å². The van der Waals surface area contributed by atoms with Gasteiger partial charge < -0.3 is 10.1 Å². The van der Waals surface area contributed by atoms with E-state index >= 15 is 0 Å². The predicted octanol–water partition coefficient (Wildman–Crippen LogP) is 1.49. The summed E-state index contributed by atoms with van der Waals surface area (Å²) in [5, 5.41) is 3.06. The first kappa shape index (κ1) is 12.4. The molecular formula is C13H21NO3. The Hall–Kier alpha value is -1.06. The van der Waals surface area contributed by atoms with Gasteiger partial charge in [-0.05, 0) is 38.0 Å². The molecule has 2 unspecified atom stereocenters. The van der Waals surface area contributed by atoms with E-state index < -0.39 is 0 Å². The van der Waals surface area contributed by atoms with Crippen molar-refractivity contribution >= 4 is 11.9 Å². The van der Waals surface area contributed by atoms with Crippen LogP contribution >= 0.6 is 0 Å². The molecule has 96 valence electrons. The number of esters is 1. The summed E-state index contributed by atoms with van der Waals surface area (Å²) in [5.41, 5.74) is 0. The van der Waals surface area contributed by atoms with Gasteiger partial charge in [-0.2, -0.15) is 0 Å². The highest BCUT2D eigenvalue weighted by Crippen LogP contribution is 2.39. The average Bonchev–Trinajstić information content (AvgIpc) is 3.11. The molecule has 0 aromatic carbocycles. The van der Waals surface area contributed by atoms with E-state index in [0.29, 0.717) is 12.5 Å². The molecule has 0 aliphatic heterocycles. The maximum Gasteiger partial charge on any atom is 0.309 e. The quantitative estimate of drug-likeness (QED) is 0.759. The largest absolute Gasteiger partial charge is 0.469 e. The third kappa shape index (κ3) is 2.99. The lowest BCUT2D eigenvalue weighted by atomic mass is 9.87. The molecule has 0 heterocycles. The summed E-state index contributed by atoms with van der Waals surface area (Å²) in [5.74, 6) is 0.249. The Morgan fingerprint density at radius 2 is 1.76 bits per heavy atom. The Balaban J connectivity index is 1.74. The first-order valence-corrected chi connectivity index (χ1v) is 6.50. The number of carbonyl (C=O) groups is 2. The Morgan fingerprint density at radius 3 is 2.35 bits per heavy atom. The third-order valence-electron chi connectivity index (χ3n) is 3.99. The van der Waals surface area contributed by atoms with Gasteiger partial charge in [-0.3, -0.25) is 9.59 Å². The van der Waals surface area contributed by atoms with Crippen molar-refractivity contribution in [2.24, 2.45) is 17.8 Å². The van der Waals surface area contributed by atoms with E-state index in [4.69, 9.17) is 0 Å². The number of rotatable bonds is 3. The summed E-state index contributed by atoms with van der Waals surface area (Å²) in [7, 11) is 1.37. The molecule has 0 aromatic rings. The van der Waals surface area contributed by atoms with Crippen molar-refractivity contribution in [1.82, 2.24) is 5.32 Å². The van der Waals surface area contributed by atoms with Crippen LogP contribution < -0.4 is 5.32 Å². The fraction of sp³-hybridized carbons (Fsp3) is 0.846. The lowest BCUT2D eigenvalue weighted by Gasteiger charge is -2.26. The molecule has 2 atom stereocenters. The fourth-order valence-electron chi connectivity index (χ4n) is 2.61. The summed E-state index contributed by atoms with van der Waals surface area (Å²) >= 11 is 0. The zero-order valence-corrected chi connectivity index (χ0v) is 10.6. The van der Waals surface area contributed by atoms with Crippen LogP contribution in [0.4, 0.5) is 0 Å². The summed E-state index contributed by atoms with van der Waals surface area (Å²) in [4.78, 5) is 23.1. The fourth-order valence-corrected chi connectivity index (χ4v) is 2.61. The second kappa shape index (κ2) is 5.07. The van der Waals surface area contributed by atoms with Gasteiger partial charge in [0.2, 0.25) is 5.91 Å². The molecule has 2 rings (SSSR count). The highest BCUT2D eigenvalue weighted by molar-refractivity contribution is 5.90. The van der Waals surface area contributed by atoms with Gasteiger partial charge in [0.15, 0.2) is 0 Å². The van der Waals surface area contributed by atoms with E-state index in [1.165, 1.54) is 20.0 Å². The summed E-state index contributed by atoms with van der Waals surface area (Å²) in [6.07, 6.45) is 5.18. The second-order valence-electron chi connectivity index (χ2n) is 5.44. The van der Waals surface area contributed by atoms with Crippen LogP contribution in [0.1, 0.15) is 39.0 Å². The number of ether oxygens (including phenoxy) is 1. The summed E-state index contributed by atoms with van der Waals surface area (Å²) in [6, 6.07) is 0.317. The van der Waals surface area contributed by atoms with E-state index in [0.717, 1.165) is 18.8 Å². The molecule has 0 spiro atoms. The van der Waals surface area contributed by atoms with Crippen LogP contribution in [0.3, 0.4) is 0 Å². The number of hydrogen-bond donors (Lipinski definition) is 1. The number of hydrogen-bond acceptors (Lipinski definition) is 3. The van der Waals surface area contributed by atoms with Crippen LogP contribution in [0.2, 0.25) is 0 Å². The van der Waals surface area contributed by atoms with Gasteiger partial charge in [0, 0.05) is 6.04 Å². The monoisotopic (exact) mass is 239 g/mol. The molecule has 17 heavy (non-hydrogen) atoms. The minimum Gasteiger partial charge on any atom is -0.469 e. The molecule has 2 aliphatic carbocycles. The second-order valence-corrected chi connectivity index (χ2v) is 5.44. The molecule has 0 aromatic heterocycles. The van der Waals surface area contributed by atoms with E-state index in [1.54, 1.807) is 0 Å². The first-order chi connectivity index (χ1) is 8.11. The van der Waals surface area contributed by atoms with Crippen LogP contribution in [-0.4, -0.2) is 25.0 Å². The number of amides is 1. The van der Waals surface area contributed by atoms with Crippen molar-refractivity contribution in [2.75, 3.05) is 7.11 Å². The van der Waals surface area contributed by atoms with Gasteiger partial charge in [-0.15, -0.1) is 0 Å². The molecule has 2 aliphatic rings. The van der Waals surface area contributed by atoms with Crippen LogP contribution in [0, 0.1) is 17.8 Å². The Morgan fingerprint density at radius 1 is 1.12 bits per heavy atom. The molecule has 0 radical (unpaired) electrons. The number of carbonyl (C=O) groups excluding carboxylic acids is 2. The Labute approximate surface area is 102 Å². The van der Waals surface area contributed by atoms with Crippen LogP contribution in [-0.2, 0) is 14.3 Å². The smallest absolute Gasteiger partial charge is 0.309 e. The van der Waals surface area contributed by atoms with Gasteiger partial charge in [-0.25, -0.2) is 0 Å². The molecule has 0 bridgehead atoms. The van der Waals surface area contributed by atoms with Crippen molar-refractivity contribution in [2.45, 2.75) is 45.1 Å². The molecule has 4 heteroatoms. The lowest BCUT2D eigenvalue weighted by Crippen LogP contribution is -2.38. The lowest BCUT2D eigenvalue weighted by molar-refractivity contribution is -0.143. The zero-order chi connectivity index (χ0) is 12.4. The van der Waals surface area contributed by atoms with Gasteiger partial charge in [0.25, 0.3) is 0 Å². The van der Waals surface area contributed by atoms with Gasteiger partial charge in [0.05, 0.1) is 18.9 Å². The van der Waals surface area contributed by atoms with Crippen molar-refractivity contribution in [1.29, 1.82) is 0 Å². The molecule has 2 saturated carbocycles. The van der Waals surface area contributed by atoms with E-state index in [9.17, 15) is 9.59 Å². The Bertz CT molecular complexity index is 308. The highest BCUT2D eigenvalue weighted by atomic mass is 16.5. The van der Waals surface area contributed by atoms with Crippen molar-refractivity contribution in [3.05, 3.63) is 0 Å². The minimum atomic E-state index is -0.248. The maximum atomic E-state index is 11.9. The molecule has 1 N–H and O–H groups in total. The maximum absolute atomic E-state index is 11.9. The van der Waals surface area contributed by atoms with Gasteiger partial charge in [-0.1, -0.05) is 6.92 Å². The molecule has 0 saturated heterocycles. The standard InChI is InChI=1S/C13H21NO3/c1-8-3-5-9(6-4-8)14-12(15)10-7-11(10)13(16)17-2/h8-11H,3-7H2,1-2H3,(H,14,15). The van der Waals surface area contributed by atoms with Crippen molar-refractivity contribution < 1.29 is 14.3 Å². The van der Waals surface area contributed by atoms with Gasteiger partial charge >= 0.3 is 5.97 Å². The van der Waals surface area contributed by atoms with Crippen LogP contribution in [0.25, 0.3) is 0 Å². The molecule has 2 fully saturated rings. The van der Waals surface area contributed by atoms with Crippen LogP contribution in [0.15, 0.2) is 0 Å². The average molecular weight is 239 g/mol. The number of methoxy groups -OCH3 is 1.